The number of ether oxygens (including phenoxy) is 1. The Morgan fingerprint density at radius 1 is 1.30 bits per heavy atom. The Hall–Kier alpha value is -3.47. The van der Waals surface area contributed by atoms with Crippen molar-refractivity contribution < 1.29 is 9.13 Å². The van der Waals surface area contributed by atoms with Crippen LogP contribution >= 0.6 is 0 Å². The molecule has 1 aliphatic carbocycles. The van der Waals surface area contributed by atoms with Crippen molar-refractivity contribution in [2.24, 2.45) is 0 Å². The van der Waals surface area contributed by atoms with E-state index in [-0.39, 0.29) is 23.2 Å². The maximum atomic E-state index is 13.8. The first kappa shape index (κ1) is 21.2. The standard InChI is InChI=1S/C20H19FN6O.C2H6/c1-10(26-20-14(8-22)19(23)24-9-25-20)17-16(11-3-4-11)18(28-2)13-7-12(21)5-6-15(13)27-17;1-2/h5-7,9-11H,3-4H2,1-2H3,(H3,23,24,25,26);1-2H3. The van der Waals surface area contributed by atoms with E-state index in [9.17, 15) is 9.65 Å². The molecule has 1 atom stereocenters. The quantitative estimate of drug-likeness (QED) is 0.629. The Balaban J connectivity index is 0.00000124. The van der Waals surface area contributed by atoms with Crippen molar-refractivity contribution in [3.63, 3.8) is 0 Å². The van der Waals surface area contributed by atoms with Gasteiger partial charge in [-0.3, -0.25) is 4.98 Å². The van der Waals surface area contributed by atoms with Crippen molar-refractivity contribution in [3.8, 4) is 11.8 Å². The number of pyridine rings is 1. The van der Waals surface area contributed by atoms with E-state index in [4.69, 9.17) is 15.5 Å². The van der Waals surface area contributed by atoms with E-state index >= 15 is 0 Å². The number of nitrogens with two attached hydrogens (primary N) is 1. The van der Waals surface area contributed by atoms with Crippen LogP contribution in [-0.2, 0) is 0 Å². The fraction of sp³-hybridized carbons (Fsp3) is 0.364. The van der Waals surface area contributed by atoms with Crippen LogP contribution in [0.3, 0.4) is 0 Å². The lowest BCUT2D eigenvalue weighted by Crippen LogP contribution is -2.15. The molecule has 8 heteroatoms. The molecule has 30 heavy (non-hydrogen) atoms. The predicted molar refractivity (Wildman–Crippen MR) is 115 cm³/mol. The lowest BCUT2D eigenvalue weighted by atomic mass is 9.99. The van der Waals surface area contributed by atoms with Gasteiger partial charge in [-0.15, -0.1) is 0 Å². The normalized spacial score (nSPS) is 13.7. The highest BCUT2D eigenvalue weighted by Crippen LogP contribution is 2.49. The topological polar surface area (TPSA) is 110 Å². The van der Waals surface area contributed by atoms with Crippen LogP contribution in [0.5, 0.6) is 5.75 Å². The number of hydrogen-bond donors (Lipinski definition) is 2. The predicted octanol–water partition coefficient (Wildman–Crippen LogP) is 4.70. The van der Waals surface area contributed by atoms with Gasteiger partial charge in [0.25, 0.3) is 0 Å². The number of nitrogens with zero attached hydrogens (tertiary/aromatic N) is 4. The van der Waals surface area contributed by atoms with Crippen molar-refractivity contribution in [1.29, 1.82) is 5.26 Å². The van der Waals surface area contributed by atoms with Crippen LogP contribution in [-0.4, -0.2) is 22.1 Å². The van der Waals surface area contributed by atoms with Crippen LogP contribution in [0.4, 0.5) is 16.0 Å². The highest BCUT2D eigenvalue weighted by molar-refractivity contribution is 5.87. The molecule has 0 radical (unpaired) electrons. The third kappa shape index (κ3) is 3.96. The maximum Gasteiger partial charge on any atom is 0.150 e. The van der Waals surface area contributed by atoms with E-state index in [1.165, 1.54) is 18.5 Å². The van der Waals surface area contributed by atoms with E-state index < -0.39 is 0 Å². The summed E-state index contributed by atoms with van der Waals surface area (Å²) in [5.74, 6) is 1.11. The zero-order chi connectivity index (χ0) is 21.8. The Bertz CT molecular complexity index is 1110. The minimum atomic E-state index is -0.330. The molecule has 4 rings (SSSR count). The first-order valence-corrected chi connectivity index (χ1v) is 9.97. The highest BCUT2D eigenvalue weighted by Gasteiger charge is 2.33. The minimum Gasteiger partial charge on any atom is -0.496 e. The van der Waals surface area contributed by atoms with Gasteiger partial charge in [-0.05, 0) is 43.9 Å². The molecule has 7 nitrogen and oxygen atoms in total. The van der Waals surface area contributed by atoms with Crippen molar-refractivity contribution in [2.45, 2.75) is 45.6 Å². The number of fused-ring (bicyclic) bond motifs is 1. The Morgan fingerprint density at radius 3 is 2.67 bits per heavy atom. The number of anilines is 2. The van der Waals surface area contributed by atoms with Gasteiger partial charge in [0.2, 0.25) is 0 Å². The van der Waals surface area contributed by atoms with Gasteiger partial charge in [0.15, 0.2) is 0 Å². The molecule has 0 amide bonds. The first-order chi connectivity index (χ1) is 14.5. The monoisotopic (exact) mass is 408 g/mol. The zero-order valence-electron chi connectivity index (χ0n) is 17.5. The van der Waals surface area contributed by atoms with E-state index in [0.29, 0.717) is 28.4 Å². The molecule has 3 N–H and O–H groups in total. The molecule has 3 aromatic rings. The van der Waals surface area contributed by atoms with Crippen LogP contribution in [0.1, 0.15) is 62.4 Å². The van der Waals surface area contributed by atoms with Crippen molar-refractivity contribution in [2.75, 3.05) is 18.2 Å². The van der Waals surface area contributed by atoms with E-state index in [0.717, 1.165) is 24.1 Å². The molecule has 1 aromatic carbocycles. The molecule has 0 saturated heterocycles. The summed E-state index contributed by atoms with van der Waals surface area (Å²) in [6.07, 6.45) is 3.37. The number of benzene rings is 1. The SMILES string of the molecule is CC.COc1c(C2CC2)c(C(C)Nc2ncnc(N)c2C#N)nc2ccc(F)cc12. The second-order valence-corrected chi connectivity index (χ2v) is 6.84. The van der Waals surface area contributed by atoms with Gasteiger partial charge in [-0.1, -0.05) is 13.8 Å². The summed E-state index contributed by atoms with van der Waals surface area (Å²) in [7, 11) is 1.59. The van der Waals surface area contributed by atoms with Gasteiger partial charge >= 0.3 is 0 Å². The highest BCUT2D eigenvalue weighted by atomic mass is 19.1. The van der Waals surface area contributed by atoms with Crippen molar-refractivity contribution in [3.05, 3.63) is 47.2 Å². The summed E-state index contributed by atoms with van der Waals surface area (Å²) >= 11 is 0. The Morgan fingerprint density at radius 2 is 2.03 bits per heavy atom. The molecular weight excluding hydrogens is 383 g/mol. The second-order valence-electron chi connectivity index (χ2n) is 6.84. The third-order valence-corrected chi connectivity index (χ3v) is 4.91. The summed E-state index contributed by atoms with van der Waals surface area (Å²) in [6, 6.07) is 6.23. The molecular formula is C22H25FN6O. The number of nitriles is 1. The summed E-state index contributed by atoms with van der Waals surface area (Å²) in [5, 5.41) is 13.2. The number of halogens is 1. The Labute approximate surface area is 175 Å². The lowest BCUT2D eigenvalue weighted by molar-refractivity contribution is 0.413. The molecule has 2 aromatic heterocycles. The van der Waals surface area contributed by atoms with Crippen LogP contribution in [0.2, 0.25) is 0 Å². The van der Waals surface area contributed by atoms with Gasteiger partial charge in [-0.2, -0.15) is 5.26 Å². The lowest BCUT2D eigenvalue weighted by Gasteiger charge is -2.21. The number of methoxy groups -OCH3 is 1. The summed E-state index contributed by atoms with van der Waals surface area (Å²) in [6.45, 7) is 5.93. The fourth-order valence-electron chi connectivity index (χ4n) is 3.45. The van der Waals surface area contributed by atoms with Crippen LogP contribution < -0.4 is 15.8 Å². The summed E-state index contributed by atoms with van der Waals surface area (Å²) < 4.78 is 19.5. The fourth-order valence-corrected chi connectivity index (χ4v) is 3.45. The number of rotatable bonds is 5. The molecule has 2 heterocycles. The summed E-state index contributed by atoms with van der Waals surface area (Å²) in [5.41, 5.74) is 8.39. The van der Waals surface area contributed by atoms with E-state index in [1.54, 1.807) is 13.2 Å². The molecule has 1 fully saturated rings. The largest absolute Gasteiger partial charge is 0.496 e. The molecule has 1 saturated carbocycles. The zero-order valence-corrected chi connectivity index (χ0v) is 17.5. The van der Waals surface area contributed by atoms with Crippen LogP contribution in [0, 0.1) is 17.1 Å². The number of aromatic nitrogens is 3. The molecule has 1 unspecified atom stereocenters. The number of nitrogens with one attached hydrogen (secondary N) is 1. The van der Waals surface area contributed by atoms with Gasteiger partial charge in [0.05, 0.1) is 24.4 Å². The molecule has 0 bridgehead atoms. The van der Waals surface area contributed by atoms with Crippen molar-refractivity contribution >= 4 is 22.5 Å². The average Bonchev–Trinajstić information content (AvgIpc) is 3.59. The number of nitrogen functional groups attached to an aromatic ring is 1. The van der Waals surface area contributed by atoms with Crippen LogP contribution in [0.25, 0.3) is 10.9 Å². The van der Waals surface area contributed by atoms with Crippen LogP contribution in [0.15, 0.2) is 24.5 Å². The second kappa shape index (κ2) is 8.91. The van der Waals surface area contributed by atoms with E-state index in [2.05, 4.69) is 15.3 Å². The molecule has 0 aliphatic heterocycles. The average molecular weight is 408 g/mol. The molecule has 0 spiro atoms. The van der Waals surface area contributed by atoms with E-state index in [1.807, 2.05) is 26.8 Å². The van der Waals surface area contributed by atoms with Gasteiger partial charge in [0, 0.05) is 10.9 Å². The van der Waals surface area contributed by atoms with Gasteiger partial charge in [-0.25, -0.2) is 14.4 Å². The molecule has 1 aliphatic rings. The first-order valence-electron chi connectivity index (χ1n) is 9.97. The van der Waals surface area contributed by atoms with Gasteiger partial charge < -0.3 is 15.8 Å². The third-order valence-electron chi connectivity index (χ3n) is 4.91. The number of hydrogen-bond acceptors (Lipinski definition) is 7. The smallest absolute Gasteiger partial charge is 0.150 e. The summed E-state index contributed by atoms with van der Waals surface area (Å²) in [4.78, 5) is 12.8. The minimum absolute atomic E-state index is 0.120. The molecule has 156 valence electrons. The Kier molecular flexibility index (Phi) is 6.31. The maximum absolute atomic E-state index is 13.8. The van der Waals surface area contributed by atoms with Gasteiger partial charge in [0.1, 0.15) is 41.2 Å². The van der Waals surface area contributed by atoms with Crippen molar-refractivity contribution in [1.82, 2.24) is 15.0 Å².